The molecule has 88 valence electrons. The van der Waals surface area contributed by atoms with Crippen LogP contribution in [0.25, 0.3) is 0 Å². The van der Waals surface area contributed by atoms with Gasteiger partial charge in [0.1, 0.15) is 5.82 Å². The first kappa shape index (κ1) is 13.0. The van der Waals surface area contributed by atoms with E-state index in [0.717, 1.165) is 4.47 Å². The minimum atomic E-state index is -2.96. The van der Waals surface area contributed by atoms with E-state index in [-0.39, 0.29) is 12.2 Å². The van der Waals surface area contributed by atoms with Crippen LogP contribution < -0.4 is 5.32 Å². The van der Waals surface area contributed by atoms with E-state index in [1.54, 1.807) is 6.07 Å². The molecule has 0 spiro atoms. The molecular weight excluding hydrogens is 282 g/mol. The highest BCUT2D eigenvalue weighted by molar-refractivity contribution is 9.10. The summed E-state index contributed by atoms with van der Waals surface area (Å²) in [6, 6.07) is 3.20. The van der Waals surface area contributed by atoms with Crippen LogP contribution in [0.5, 0.6) is 0 Å². The van der Waals surface area contributed by atoms with Crippen molar-refractivity contribution in [3.05, 3.63) is 22.8 Å². The Morgan fingerprint density at radius 1 is 1.56 bits per heavy atom. The molecule has 0 fully saturated rings. The fraction of sp³-hybridized carbons (Fsp3) is 0.400. The monoisotopic (exact) mass is 292 g/mol. The maximum Gasteiger partial charge on any atom is 0.256 e. The summed E-state index contributed by atoms with van der Waals surface area (Å²) in [5, 5.41) is 2.31. The molecule has 0 aliphatic rings. The molecule has 0 bridgehead atoms. The van der Waals surface area contributed by atoms with Crippen molar-refractivity contribution in [3.8, 4) is 0 Å². The number of hydrogen-bond donors (Lipinski definition) is 1. The summed E-state index contributed by atoms with van der Waals surface area (Å²) in [5.41, 5.74) is 0. The second kappa shape index (κ2) is 5.34. The molecule has 3 nitrogen and oxygen atoms in total. The minimum absolute atomic E-state index is 0.264. The number of carbonyl (C=O) groups is 1. The van der Waals surface area contributed by atoms with Crippen molar-refractivity contribution in [2.75, 3.05) is 5.32 Å². The van der Waals surface area contributed by atoms with E-state index in [4.69, 9.17) is 0 Å². The molecule has 0 unspecified atom stereocenters. The molecule has 1 N–H and O–H groups in total. The molecule has 0 radical (unpaired) electrons. The maximum atomic E-state index is 12.9. The van der Waals surface area contributed by atoms with E-state index in [9.17, 15) is 13.6 Å². The van der Waals surface area contributed by atoms with Crippen LogP contribution in [-0.2, 0) is 4.79 Å². The molecule has 0 saturated carbocycles. The Morgan fingerprint density at radius 3 is 2.75 bits per heavy atom. The van der Waals surface area contributed by atoms with Crippen molar-refractivity contribution < 1.29 is 13.6 Å². The molecular formula is C10H11BrF2N2O. The Labute approximate surface area is 100 Å². The number of anilines is 1. The van der Waals surface area contributed by atoms with Crippen LogP contribution in [0, 0.1) is 0 Å². The number of pyridine rings is 1. The van der Waals surface area contributed by atoms with Crippen molar-refractivity contribution in [2.24, 2.45) is 0 Å². The van der Waals surface area contributed by atoms with Crippen LogP contribution in [0.3, 0.4) is 0 Å². The number of nitrogens with one attached hydrogen (secondary N) is 1. The number of amides is 1. The molecule has 1 amide bonds. The third-order valence-corrected chi connectivity index (χ3v) is 2.40. The topological polar surface area (TPSA) is 42.0 Å². The van der Waals surface area contributed by atoms with Crippen molar-refractivity contribution >= 4 is 27.7 Å². The zero-order valence-corrected chi connectivity index (χ0v) is 10.2. The SMILES string of the molecule is CCC(F)(F)CC(=O)Nc1ccc(Br)cn1. The van der Waals surface area contributed by atoms with Gasteiger partial charge < -0.3 is 5.32 Å². The fourth-order valence-electron chi connectivity index (χ4n) is 0.997. The first-order valence-corrected chi connectivity index (χ1v) is 5.51. The number of hydrogen-bond acceptors (Lipinski definition) is 2. The average Bonchev–Trinajstić information content (AvgIpc) is 2.21. The third-order valence-electron chi connectivity index (χ3n) is 1.93. The number of rotatable bonds is 4. The highest BCUT2D eigenvalue weighted by Crippen LogP contribution is 2.22. The number of nitrogens with zero attached hydrogens (tertiary/aromatic N) is 1. The molecule has 0 atom stereocenters. The zero-order valence-electron chi connectivity index (χ0n) is 8.64. The molecule has 16 heavy (non-hydrogen) atoms. The van der Waals surface area contributed by atoms with Crippen LogP contribution in [0.4, 0.5) is 14.6 Å². The van der Waals surface area contributed by atoms with E-state index in [1.807, 2.05) is 0 Å². The van der Waals surface area contributed by atoms with Crippen molar-refractivity contribution in [2.45, 2.75) is 25.7 Å². The van der Waals surface area contributed by atoms with Gasteiger partial charge in [-0.25, -0.2) is 13.8 Å². The van der Waals surface area contributed by atoms with E-state index in [1.165, 1.54) is 19.2 Å². The summed E-state index contributed by atoms with van der Waals surface area (Å²) in [7, 11) is 0. The maximum absolute atomic E-state index is 12.9. The van der Waals surface area contributed by atoms with Gasteiger partial charge >= 0.3 is 0 Å². The van der Waals surface area contributed by atoms with Gasteiger partial charge in [0.15, 0.2) is 0 Å². The van der Waals surface area contributed by atoms with Crippen molar-refractivity contribution in [1.82, 2.24) is 4.98 Å². The zero-order chi connectivity index (χ0) is 12.2. The van der Waals surface area contributed by atoms with Gasteiger partial charge in [0.2, 0.25) is 5.91 Å². The summed E-state index contributed by atoms with van der Waals surface area (Å²) >= 11 is 3.18. The predicted octanol–water partition coefficient (Wildman–Crippen LogP) is 3.22. The smallest absolute Gasteiger partial charge is 0.256 e. The Bertz CT molecular complexity index is 368. The van der Waals surface area contributed by atoms with Gasteiger partial charge in [-0.15, -0.1) is 0 Å². The molecule has 1 aromatic heterocycles. The number of alkyl halides is 2. The molecule has 1 aromatic rings. The Balaban J connectivity index is 2.55. The Hall–Kier alpha value is -1.04. The van der Waals surface area contributed by atoms with Gasteiger partial charge in [-0.05, 0) is 28.1 Å². The predicted molar refractivity (Wildman–Crippen MR) is 60.4 cm³/mol. The second-order valence-corrected chi connectivity index (χ2v) is 4.21. The highest BCUT2D eigenvalue weighted by atomic mass is 79.9. The molecule has 0 saturated heterocycles. The fourth-order valence-corrected chi connectivity index (χ4v) is 1.23. The molecule has 0 aliphatic carbocycles. The number of halogens is 3. The molecule has 1 heterocycles. The lowest BCUT2D eigenvalue weighted by Crippen LogP contribution is -2.24. The molecule has 0 aromatic carbocycles. The van der Waals surface area contributed by atoms with Gasteiger partial charge in [-0.3, -0.25) is 4.79 Å². The van der Waals surface area contributed by atoms with Crippen LogP contribution in [0.2, 0.25) is 0 Å². The normalized spacial score (nSPS) is 11.2. The van der Waals surface area contributed by atoms with Gasteiger partial charge in [0.25, 0.3) is 5.92 Å². The molecule has 1 rings (SSSR count). The largest absolute Gasteiger partial charge is 0.311 e. The van der Waals surface area contributed by atoms with Crippen molar-refractivity contribution in [1.29, 1.82) is 0 Å². The van der Waals surface area contributed by atoms with Gasteiger partial charge in [0, 0.05) is 17.1 Å². The lowest BCUT2D eigenvalue weighted by Gasteiger charge is -2.13. The van der Waals surface area contributed by atoms with Crippen LogP contribution in [-0.4, -0.2) is 16.8 Å². The Kier molecular flexibility index (Phi) is 4.35. The molecule has 6 heteroatoms. The molecule has 0 aliphatic heterocycles. The summed E-state index contributed by atoms with van der Waals surface area (Å²) in [4.78, 5) is 15.1. The highest BCUT2D eigenvalue weighted by Gasteiger charge is 2.29. The van der Waals surface area contributed by atoms with Crippen LogP contribution >= 0.6 is 15.9 Å². The summed E-state index contributed by atoms with van der Waals surface area (Å²) in [5.74, 6) is -3.43. The number of aromatic nitrogens is 1. The van der Waals surface area contributed by atoms with E-state index < -0.39 is 18.3 Å². The summed E-state index contributed by atoms with van der Waals surface area (Å²) < 4.78 is 26.5. The minimum Gasteiger partial charge on any atom is -0.311 e. The second-order valence-electron chi connectivity index (χ2n) is 3.30. The van der Waals surface area contributed by atoms with E-state index in [2.05, 4.69) is 26.2 Å². The average molecular weight is 293 g/mol. The summed E-state index contributed by atoms with van der Waals surface area (Å²) in [6.45, 7) is 1.34. The van der Waals surface area contributed by atoms with E-state index in [0.29, 0.717) is 0 Å². The van der Waals surface area contributed by atoms with Crippen LogP contribution in [0.15, 0.2) is 22.8 Å². The van der Waals surface area contributed by atoms with Gasteiger partial charge in [0.05, 0.1) is 6.42 Å². The third kappa shape index (κ3) is 4.22. The lowest BCUT2D eigenvalue weighted by molar-refractivity contribution is -0.123. The lowest BCUT2D eigenvalue weighted by atomic mass is 10.2. The first-order valence-electron chi connectivity index (χ1n) is 4.72. The summed E-state index contributed by atoms with van der Waals surface area (Å²) in [6.07, 6.45) is 0.309. The standard InChI is InChI=1S/C10H11BrF2N2O/c1-2-10(12,13)5-9(16)15-8-4-3-7(11)6-14-8/h3-4,6H,2,5H2,1H3,(H,14,15,16). The van der Waals surface area contributed by atoms with E-state index >= 15 is 0 Å². The number of carbonyl (C=O) groups excluding carboxylic acids is 1. The quantitative estimate of drug-likeness (QED) is 0.926. The Morgan fingerprint density at radius 2 is 2.25 bits per heavy atom. The van der Waals surface area contributed by atoms with Gasteiger partial charge in [-0.1, -0.05) is 6.92 Å². The first-order chi connectivity index (χ1) is 7.43. The van der Waals surface area contributed by atoms with Gasteiger partial charge in [-0.2, -0.15) is 0 Å². The van der Waals surface area contributed by atoms with Crippen molar-refractivity contribution in [3.63, 3.8) is 0 Å². The van der Waals surface area contributed by atoms with Crippen LogP contribution in [0.1, 0.15) is 19.8 Å².